The van der Waals surface area contributed by atoms with Gasteiger partial charge in [-0.05, 0) is 12.8 Å². The average Bonchev–Trinajstić information content (AvgIpc) is 2.71. The zero-order chi connectivity index (χ0) is 22.2. The number of nitrogens with one attached hydrogen (secondary N) is 1. The number of unbranched alkanes of at least 4 members (excludes halogenated alkanes) is 11. The van der Waals surface area contributed by atoms with Gasteiger partial charge in [0.2, 0.25) is 0 Å². The summed E-state index contributed by atoms with van der Waals surface area (Å²) < 4.78 is 5.34. The minimum Gasteiger partial charge on any atom is -0.474 e. The molecule has 2 N–H and O–H groups in total. The van der Waals surface area contributed by atoms with Crippen LogP contribution in [0.15, 0.2) is 0 Å². The third-order valence-electron chi connectivity index (χ3n) is 6.09. The van der Waals surface area contributed by atoms with Crippen molar-refractivity contribution in [3.8, 4) is 0 Å². The summed E-state index contributed by atoms with van der Waals surface area (Å²) in [6.07, 6.45) is 17.2. The smallest absolute Gasteiger partial charge is 0.394 e. The lowest BCUT2D eigenvalue weighted by Crippen LogP contribution is -2.50. The van der Waals surface area contributed by atoms with Crippen molar-refractivity contribution in [3.05, 3.63) is 0 Å². The summed E-state index contributed by atoms with van der Waals surface area (Å²) >= 11 is 0. The largest absolute Gasteiger partial charge is 0.474 e. The summed E-state index contributed by atoms with van der Waals surface area (Å²) in [5.41, 5.74) is 0. The summed E-state index contributed by atoms with van der Waals surface area (Å²) in [5.74, 6) is -2.69. The van der Waals surface area contributed by atoms with Gasteiger partial charge in [0, 0.05) is 12.5 Å². The molecule has 1 saturated heterocycles. The van der Waals surface area contributed by atoms with Gasteiger partial charge in [0.05, 0.1) is 5.92 Å². The van der Waals surface area contributed by atoms with Crippen molar-refractivity contribution in [2.45, 2.75) is 129 Å². The first-order chi connectivity index (χ1) is 14.5. The van der Waals surface area contributed by atoms with E-state index in [-0.39, 0.29) is 24.0 Å². The molecule has 0 aromatic heterocycles. The quantitative estimate of drug-likeness (QED) is 0.175. The van der Waals surface area contributed by atoms with E-state index >= 15 is 0 Å². The van der Waals surface area contributed by atoms with Crippen molar-refractivity contribution in [2.75, 3.05) is 0 Å². The Balaban J connectivity index is 2.35. The number of esters is 1. The Hall–Kier alpha value is -1.59. The molecular weight excluding hydrogens is 382 g/mol. The van der Waals surface area contributed by atoms with E-state index in [2.05, 4.69) is 19.2 Å². The van der Waals surface area contributed by atoms with Gasteiger partial charge in [-0.15, -0.1) is 0 Å². The average molecular weight is 426 g/mol. The fraction of sp³-hybridized carbons (Fsp3) is 0.875. The molecule has 0 unspecified atom stereocenters. The summed E-state index contributed by atoms with van der Waals surface area (Å²) in [7, 11) is 0. The molecule has 0 spiro atoms. The molecule has 0 aliphatic carbocycles. The fourth-order valence-electron chi connectivity index (χ4n) is 4.18. The molecule has 0 aromatic carbocycles. The number of rotatable bonds is 18. The molecule has 0 radical (unpaired) electrons. The van der Waals surface area contributed by atoms with Gasteiger partial charge >= 0.3 is 17.8 Å². The minimum absolute atomic E-state index is 0.103. The van der Waals surface area contributed by atoms with E-state index in [4.69, 9.17) is 9.84 Å². The summed E-state index contributed by atoms with van der Waals surface area (Å²) in [4.78, 5) is 34.5. The third-order valence-corrected chi connectivity index (χ3v) is 6.09. The summed E-state index contributed by atoms with van der Waals surface area (Å²) in [6.45, 7) is 4.38. The van der Waals surface area contributed by atoms with Gasteiger partial charge in [-0.2, -0.15) is 0 Å². The molecule has 1 heterocycles. The number of carboxylic acids is 1. The van der Waals surface area contributed by atoms with Gasteiger partial charge in [-0.3, -0.25) is 9.59 Å². The predicted octanol–water partition coefficient (Wildman–Crippen LogP) is 5.38. The van der Waals surface area contributed by atoms with E-state index in [1.165, 1.54) is 51.4 Å². The van der Waals surface area contributed by atoms with E-state index in [0.717, 1.165) is 44.9 Å². The highest BCUT2D eigenvalue weighted by Crippen LogP contribution is 2.31. The van der Waals surface area contributed by atoms with E-state index < -0.39 is 11.9 Å². The second kappa shape index (κ2) is 16.1. The van der Waals surface area contributed by atoms with Crippen LogP contribution in [0, 0.1) is 5.92 Å². The van der Waals surface area contributed by atoms with Gasteiger partial charge in [0.15, 0.2) is 0 Å². The molecule has 6 heteroatoms. The highest BCUT2D eigenvalue weighted by atomic mass is 16.6. The van der Waals surface area contributed by atoms with Gasteiger partial charge in [-0.25, -0.2) is 4.79 Å². The second-order valence-electron chi connectivity index (χ2n) is 8.76. The van der Waals surface area contributed by atoms with E-state index in [0.29, 0.717) is 6.42 Å². The Bertz CT molecular complexity index is 508. The molecule has 0 bridgehead atoms. The van der Waals surface area contributed by atoms with Crippen molar-refractivity contribution in [1.82, 2.24) is 5.32 Å². The van der Waals surface area contributed by atoms with Crippen LogP contribution in [-0.2, 0) is 19.1 Å². The van der Waals surface area contributed by atoms with Gasteiger partial charge in [0.25, 0.3) is 0 Å². The lowest BCUT2D eigenvalue weighted by molar-refractivity contribution is -0.186. The Morgan fingerprint density at radius 3 is 1.97 bits per heavy atom. The monoisotopic (exact) mass is 425 g/mol. The van der Waals surface area contributed by atoms with E-state index in [9.17, 15) is 14.4 Å². The Labute approximate surface area is 182 Å². The van der Waals surface area contributed by atoms with Gasteiger partial charge in [-0.1, -0.05) is 97.3 Å². The lowest BCUT2D eigenvalue weighted by Gasteiger charge is -2.37. The van der Waals surface area contributed by atoms with Crippen molar-refractivity contribution in [2.24, 2.45) is 5.92 Å². The molecule has 1 rings (SSSR count). The molecule has 6 nitrogen and oxygen atoms in total. The van der Waals surface area contributed by atoms with Crippen LogP contribution in [0.4, 0.5) is 0 Å². The molecule has 1 aliphatic heterocycles. The van der Waals surface area contributed by atoms with Gasteiger partial charge < -0.3 is 15.2 Å². The minimum atomic E-state index is -1.46. The van der Waals surface area contributed by atoms with E-state index in [1.54, 1.807) is 0 Å². The molecular formula is C24H43NO5. The first-order valence-electron chi connectivity index (χ1n) is 12.2. The van der Waals surface area contributed by atoms with Crippen LogP contribution in [-0.4, -0.2) is 35.1 Å². The number of carbonyl (C=O) groups is 3. The predicted molar refractivity (Wildman–Crippen MR) is 118 cm³/mol. The van der Waals surface area contributed by atoms with Crippen molar-refractivity contribution in [1.29, 1.82) is 0 Å². The maximum absolute atomic E-state index is 11.8. The van der Waals surface area contributed by atoms with Crippen molar-refractivity contribution < 1.29 is 24.2 Å². The molecule has 0 saturated carbocycles. The summed E-state index contributed by atoms with van der Waals surface area (Å²) in [5, 5.41) is 11.6. The van der Waals surface area contributed by atoms with Crippen LogP contribution in [0.3, 0.4) is 0 Å². The molecule has 0 aromatic rings. The van der Waals surface area contributed by atoms with Crippen LogP contribution in [0.5, 0.6) is 0 Å². The second-order valence-corrected chi connectivity index (χ2v) is 8.76. The number of carboxylic acid groups (broad SMARTS) is 1. The van der Waals surface area contributed by atoms with Crippen LogP contribution in [0.25, 0.3) is 0 Å². The number of amides is 1. The van der Waals surface area contributed by atoms with Crippen LogP contribution in [0.2, 0.25) is 0 Å². The van der Waals surface area contributed by atoms with E-state index in [1.807, 2.05) is 0 Å². The molecule has 1 fully saturated rings. The topological polar surface area (TPSA) is 92.7 Å². The summed E-state index contributed by atoms with van der Waals surface area (Å²) in [6, 6.07) is -0.255. The fourth-order valence-corrected chi connectivity index (χ4v) is 4.18. The standard InChI is InChI=1S/C24H43NO5/c1-3-5-7-9-10-11-12-13-14-16-19(25-22(26)23(27)28)18-21-20(24(29)30-21)17-15-8-6-4-2/h19-21H,3-18H2,1-2H3,(H,25,26)(H,27,28)/t19-,20-,21-/m0/s1. The van der Waals surface area contributed by atoms with Crippen LogP contribution >= 0.6 is 0 Å². The Morgan fingerprint density at radius 1 is 0.900 bits per heavy atom. The first kappa shape index (κ1) is 26.4. The maximum atomic E-state index is 11.8. The number of cyclic esters (lactones) is 1. The molecule has 30 heavy (non-hydrogen) atoms. The number of aliphatic carboxylic acids is 1. The number of ether oxygens (including phenoxy) is 1. The van der Waals surface area contributed by atoms with Crippen molar-refractivity contribution in [3.63, 3.8) is 0 Å². The zero-order valence-corrected chi connectivity index (χ0v) is 19.1. The molecule has 3 atom stereocenters. The van der Waals surface area contributed by atoms with Crippen LogP contribution < -0.4 is 5.32 Å². The molecule has 174 valence electrons. The number of hydrogen-bond acceptors (Lipinski definition) is 4. The van der Waals surface area contributed by atoms with Crippen LogP contribution in [0.1, 0.15) is 117 Å². The third kappa shape index (κ3) is 11.0. The van der Waals surface area contributed by atoms with Gasteiger partial charge in [0.1, 0.15) is 6.10 Å². The Morgan fingerprint density at radius 2 is 1.43 bits per heavy atom. The number of carbonyl (C=O) groups excluding carboxylic acids is 2. The Kier molecular flexibility index (Phi) is 14.2. The first-order valence-corrected chi connectivity index (χ1v) is 12.2. The SMILES string of the molecule is CCCCCCCCCCC[C@@H](C[C@@H]1OC(=O)[C@H]1CCCCCC)NC(=O)C(=O)O. The molecule has 1 amide bonds. The molecule has 1 aliphatic rings. The van der Waals surface area contributed by atoms with Crippen molar-refractivity contribution >= 4 is 17.8 Å². The number of hydrogen-bond donors (Lipinski definition) is 2. The normalized spacial score (nSPS) is 19.1. The lowest BCUT2D eigenvalue weighted by atomic mass is 9.86. The highest BCUT2D eigenvalue weighted by Gasteiger charge is 2.42. The highest BCUT2D eigenvalue weighted by molar-refractivity contribution is 6.31. The maximum Gasteiger partial charge on any atom is 0.394 e. The zero-order valence-electron chi connectivity index (χ0n) is 19.1.